The van der Waals surface area contributed by atoms with Crippen LogP contribution >= 0.6 is 0 Å². The van der Waals surface area contributed by atoms with Crippen LogP contribution in [0, 0.1) is 10.1 Å². The summed E-state index contributed by atoms with van der Waals surface area (Å²) in [6, 6.07) is 2.71. The number of aromatic nitrogens is 1. The number of hydrogen-bond donors (Lipinski definition) is 1. The maximum Gasteiger partial charge on any atom is 0.278 e. The average Bonchev–Trinajstić information content (AvgIpc) is 2.40. The lowest BCUT2D eigenvalue weighted by atomic mass is 10.2. The van der Waals surface area contributed by atoms with E-state index in [0.29, 0.717) is 25.6 Å². The van der Waals surface area contributed by atoms with E-state index < -0.39 is 4.92 Å². The van der Waals surface area contributed by atoms with Crippen LogP contribution in [0.1, 0.15) is 34.1 Å². The van der Waals surface area contributed by atoms with Crippen LogP contribution in [0.15, 0.2) is 12.1 Å². The van der Waals surface area contributed by atoms with Gasteiger partial charge in [-0.05, 0) is 27.2 Å². The van der Waals surface area contributed by atoms with Gasteiger partial charge in [0.1, 0.15) is 12.4 Å². The first-order valence-electron chi connectivity index (χ1n) is 6.99. The molecule has 0 saturated carbocycles. The fourth-order valence-electron chi connectivity index (χ4n) is 1.51. The molecule has 0 saturated heterocycles. The van der Waals surface area contributed by atoms with Crippen molar-refractivity contribution in [2.24, 2.45) is 0 Å². The molecule has 0 atom stereocenters. The zero-order valence-corrected chi connectivity index (χ0v) is 13.0. The number of nitro groups is 1. The predicted octanol–water partition coefficient (Wildman–Crippen LogP) is 3.01. The van der Waals surface area contributed by atoms with E-state index in [9.17, 15) is 10.1 Å². The van der Waals surface area contributed by atoms with Crippen molar-refractivity contribution in [1.29, 1.82) is 0 Å². The zero-order valence-electron chi connectivity index (χ0n) is 13.0. The molecule has 1 aromatic heterocycles. The summed E-state index contributed by atoms with van der Waals surface area (Å²) in [7, 11) is 0. The Hall–Kier alpha value is -1.89. The van der Waals surface area contributed by atoms with Gasteiger partial charge in [-0.1, -0.05) is 6.92 Å². The number of pyridine rings is 1. The van der Waals surface area contributed by atoms with Crippen LogP contribution in [0.2, 0.25) is 0 Å². The molecule has 0 radical (unpaired) electrons. The second kappa shape index (κ2) is 7.78. The molecule has 0 bridgehead atoms. The minimum Gasteiger partial charge on any atom is -0.475 e. The quantitative estimate of drug-likeness (QED) is 0.451. The highest BCUT2D eigenvalue weighted by atomic mass is 16.6. The van der Waals surface area contributed by atoms with E-state index in [0.717, 1.165) is 6.42 Å². The Morgan fingerprint density at radius 3 is 2.62 bits per heavy atom. The second-order valence-corrected chi connectivity index (χ2v) is 5.54. The van der Waals surface area contributed by atoms with Gasteiger partial charge in [-0.25, -0.2) is 0 Å². The second-order valence-electron chi connectivity index (χ2n) is 5.54. The normalized spacial score (nSPS) is 11.2. The number of nitrogens with zero attached hydrogens (tertiary/aromatic N) is 2. The van der Waals surface area contributed by atoms with Crippen LogP contribution in [-0.2, 0) is 4.74 Å². The highest BCUT2D eigenvalue weighted by Gasteiger charge is 2.13. The molecule has 0 aliphatic rings. The van der Waals surface area contributed by atoms with E-state index in [1.165, 1.54) is 12.1 Å². The van der Waals surface area contributed by atoms with Gasteiger partial charge in [-0.2, -0.15) is 4.98 Å². The first-order chi connectivity index (χ1) is 9.81. The van der Waals surface area contributed by atoms with Gasteiger partial charge in [0, 0.05) is 6.54 Å². The Balaban J connectivity index is 2.67. The van der Waals surface area contributed by atoms with Gasteiger partial charge >= 0.3 is 0 Å². The molecule has 1 N–H and O–H groups in total. The lowest BCUT2D eigenvalue weighted by Gasteiger charge is -2.19. The number of nitrogens with one attached hydrogen (secondary N) is 1. The molecule has 1 heterocycles. The SMILES string of the molecule is CCCNc1cc([N+](=O)[O-])cc(OCCOC(C)(C)C)n1. The highest BCUT2D eigenvalue weighted by Crippen LogP contribution is 2.22. The summed E-state index contributed by atoms with van der Waals surface area (Å²) in [5, 5.41) is 13.9. The van der Waals surface area contributed by atoms with Crippen molar-refractivity contribution in [3.63, 3.8) is 0 Å². The molecular weight excluding hydrogens is 274 g/mol. The summed E-state index contributed by atoms with van der Waals surface area (Å²) in [4.78, 5) is 14.6. The fourth-order valence-corrected chi connectivity index (χ4v) is 1.51. The lowest BCUT2D eigenvalue weighted by molar-refractivity contribution is -0.384. The number of ether oxygens (including phenoxy) is 2. The lowest BCUT2D eigenvalue weighted by Crippen LogP contribution is -2.22. The summed E-state index contributed by atoms with van der Waals surface area (Å²) in [6.07, 6.45) is 0.903. The van der Waals surface area contributed by atoms with Crippen LogP contribution < -0.4 is 10.1 Å². The van der Waals surface area contributed by atoms with Crippen molar-refractivity contribution in [2.75, 3.05) is 25.1 Å². The molecule has 0 spiro atoms. The molecule has 21 heavy (non-hydrogen) atoms. The van der Waals surface area contributed by atoms with Crippen molar-refractivity contribution in [3.05, 3.63) is 22.2 Å². The molecule has 0 unspecified atom stereocenters. The molecular formula is C14H23N3O4. The number of anilines is 1. The van der Waals surface area contributed by atoms with Crippen LogP contribution in [0.4, 0.5) is 11.5 Å². The minimum absolute atomic E-state index is 0.0460. The van der Waals surface area contributed by atoms with E-state index in [1.807, 2.05) is 27.7 Å². The maximum atomic E-state index is 10.9. The smallest absolute Gasteiger partial charge is 0.278 e. The van der Waals surface area contributed by atoms with Crippen LogP contribution in [-0.4, -0.2) is 35.3 Å². The first-order valence-corrected chi connectivity index (χ1v) is 6.99. The monoisotopic (exact) mass is 297 g/mol. The Bertz CT molecular complexity index is 472. The van der Waals surface area contributed by atoms with E-state index >= 15 is 0 Å². The molecule has 0 amide bonds. The maximum absolute atomic E-state index is 10.9. The minimum atomic E-state index is -0.461. The topological polar surface area (TPSA) is 86.5 Å². The molecule has 0 aliphatic heterocycles. The van der Waals surface area contributed by atoms with E-state index in [1.54, 1.807) is 0 Å². The van der Waals surface area contributed by atoms with E-state index in [4.69, 9.17) is 9.47 Å². The van der Waals surface area contributed by atoms with Crippen molar-refractivity contribution in [1.82, 2.24) is 4.98 Å². The summed E-state index contributed by atoms with van der Waals surface area (Å²) >= 11 is 0. The molecule has 0 aliphatic carbocycles. The van der Waals surface area contributed by atoms with Gasteiger partial charge in [-0.15, -0.1) is 0 Å². The summed E-state index contributed by atoms with van der Waals surface area (Å²) in [6.45, 7) is 9.23. The molecule has 1 aromatic rings. The van der Waals surface area contributed by atoms with Crippen LogP contribution in [0.25, 0.3) is 0 Å². The third-order valence-corrected chi connectivity index (χ3v) is 2.42. The third kappa shape index (κ3) is 6.89. The summed E-state index contributed by atoms with van der Waals surface area (Å²) < 4.78 is 11.0. The summed E-state index contributed by atoms with van der Waals surface area (Å²) in [5.74, 6) is 0.665. The Kier molecular flexibility index (Phi) is 6.36. The molecule has 7 nitrogen and oxygen atoms in total. The first kappa shape index (κ1) is 17.2. The highest BCUT2D eigenvalue weighted by molar-refractivity contribution is 5.48. The van der Waals surface area contributed by atoms with Crippen molar-refractivity contribution in [2.45, 2.75) is 39.7 Å². The van der Waals surface area contributed by atoms with Gasteiger partial charge in [-0.3, -0.25) is 10.1 Å². The van der Waals surface area contributed by atoms with Crippen molar-refractivity contribution >= 4 is 11.5 Å². The number of rotatable bonds is 8. The Morgan fingerprint density at radius 1 is 1.33 bits per heavy atom. The predicted molar refractivity (Wildman–Crippen MR) is 80.9 cm³/mol. The zero-order chi connectivity index (χ0) is 15.9. The van der Waals surface area contributed by atoms with Gasteiger partial charge in [0.2, 0.25) is 5.88 Å². The number of hydrogen-bond acceptors (Lipinski definition) is 6. The van der Waals surface area contributed by atoms with Crippen LogP contribution in [0.3, 0.4) is 0 Å². The Morgan fingerprint density at radius 2 is 2.05 bits per heavy atom. The molecule has 1 rings (SSSR count). The van der Waals surface area contributed by atoms with Gasteiger partial charge in [0.05, 0.1) is 29.3 Å². The van der Waals surface area contributed by atoms with Gasteiger partial charge < -0.3 is 14.8 Å². The van der Waals surface area contributed by atoms with E-state index in [-0.39, 0.29) is 17.2 Å². The third-order valence-electron chi connectivity index (χ3n) is 2.42. The molecule has 0 fully saturated rings. The van der Waals surface area contributed by atoms with Crippen molar-refractivity contribution < 1.29 is 14.4 Å². The average molecular weight is 297 g/mol. The van der Waals surface area contributed by atoms with Crippen molar-refractivity contribution in [3.8, 4) is 5.88 Å². The largest absolute Gasteiger partial charge is 0.475 e. The fraction of sp³-hybridized carbons (Fsp3) is 0.643. The molecule has 7 heteroatoms. The summed E-state index contributed by atoms with van der Waals surface area (Å²) in [5.41, 5.74) is -0.289. The molecule has 118 valence electrons. The standard InChI is InChI=1S/C14H23N3O4/c1-5-6-15-12-9-11(17(18)19)10-13(16-12)20-7-8-21-14(2,3)4/h9-10H,5-8H2,1-4H3,(H,15,16). The van der Waals surface area contributed by atoms with Gasteiger partial charge in [0.15, 0.2) is 0 Å². The molecule has 0 aromatic carbocycles. The van der Waals surface area contributed by atoms with Gasteiger partial charge in [0.25, 0.3) is 5.69 Å². The van der Waals surface area contributed by atoms with E-state index in [2.05, 4.69) is 10.3 Å². The Labute approximate surface area is 124 Å². The van der Waals surface area contributed by atoms with Crippen LogP contribution in [0.5, 0.6) is 5.88 Å².